The van der Waals surface area contributed by atoms with Crippen LogP contribution in [-0.2, 0) is 11.3 Å². The summed E-state index contributed by atoms with van der Waals surface area (Å²) < 4.78 is 7.11. The fourth-order valence-corrected chi connectivity index (χ4v) is 2.66. The lowest BCUT2D eigenvalue weighted by Gasteiger charge is -2.11. The Morgan fingerprint density at radius 2 is 1.85 bits per heavy atom. The standard InChI is InChI=1S/C20H18ClN3O3/c1-14(25)15-6-8-17(9-7-15)27-13-20(26)23-19-10-11-22-24(19)12-16-4-2-3-5-18(16)21/h2-11H,12-13H2,1H3,(H,23,26). The van der Waals surface area contributed by atoms with E-state index in [0.29, 0.717) is 28.7 Å². The molecular formula is C20H18ClN3O3. The Kier molecular flexibility index (Phi) is 5.88. The molecule has 1 aromatic heterocycles. The molecule has 0 unspecified atom stereocenters. The maximum atomic E-state index is 12.2. The van der Waals surface area contributed by atoms with Crippen molar-refractivity contribution in [3.8, 4) is 5.75 Å². The molecule has 0 bridgehead atoms. The largest absolute Gasteiger partial charge is 0.484 e. The second-order valence-electron chi connectivity index (χ2n) is 5.88. The van der Waals surface area contributed by atoms with Gasteiger partial charge in [0.05, 0.1) is 12.7 Å². The lowest BCUT2D eigenvalue weighted by molar-refractivity contribution is -0.118. The molecule has 1 N–H and O–H groups in total. The third-order valence-electron chi connectivity index (χ3n) is 3.89. The number of nitrogens with one attached hydrogen (secondary N) is 1. The minimum absolute atomic E-state index is 0.0222. The molecular weight excluding hydrogens is 366 g/mol. The molecule has 0 atom stereocenters. The van der Waals surface area contributed by atoms with Gasteiger partial charge in [0.15, 0.2) is 12.4 Å². The summed E-state index contributed by atoms with van der Waals surface area (Å²) >= 11 is 6.18. The van der Waals surface area contributed by atoms with Crippen LogP contribution in [0.3, 0.4) is 0 Å². The first kappa shape index (κ1) is 18.7. The van der Waals surface area contributed by atoms with Crippen molar-refractivity contribution in [1.82, 2.24) is 9.78 Å². The molecule has 0 radical (unpaired) electrons. The van der Waals surface area contributed by atoms with Crippen molar-refractivity contribution in [2.75, 3.05) is 11.9 Å². The number of Topliss-reactive ketones (excluding diaryl/α,β-unsaturated/α-hetero) is 1. The maximum Gasteiger partial charge on any atom is 0.263 e. The van der Waals surface area contributed by atoms with Gasteiger partial charge in [-0.25, -0.2) is 4.68 Å². The zero-order valence-corrected chi connectivity index (χ0v) is 15.4. The summed E-state index contributed by atoms with van der Waals surface area (Å²) in [6.07, 6.45) is 1.60. The second-order valence-corrected chi connectivity index (χ2v) is 6.29. The number of nitrogens with zero attached hydrogens (tertiary/aromatic N) is 2. The lowest BCUT2D eigenvalue weighted by atomic mass is 10.1. The average molecular weight is 384 g/mol. The normalized spacial score (nSPS) is 10.4. The molecule has 0 spiro atoms. The van der Waals surface area contributed by atoms with Crippen LogP contribution in [0.25, 0.3) is 0 Å². The SMILES string of the molecule is CC(=O)c1ccc(OCC(=O)Nc2ccnn2Cc2ccccc2Cl)cc1. The first-order valence-electron chi connectivity index (χ1n) is 8.32. The van der Waals surface area contributed by atoms with Gasteiger partial charge in [0, 0.05) is 16.7 Å². The first-order chi connectivity index (χ1) is 13.0. The molecule has 0 aliphatic heterocycles. The van der Waals surface area contributed by atoms with Gasteiger partial charge in [-0.3, -0.25) is 9.59 Å². The summed E-state index contributed by atoms with van der Waals surface area (Å²) in [5, 5.41) is 7.63. The van der Waals surface area contributed by atoms with Gasteiger partial charge < -0.3 is 10.1 Å². The van der Waals surface area contributed by atoms with Crippen LogP contribution in [0.15, 0.2) is 60.8 Å². The summed E-state index contributed by atoms with van der Waals surface area (Å²) in [6.45, 7) is 1.78. The van der Waals surface area contributed by atoms with Gasteiger partial charge in [0.25, 0.3) is 5.91 Å². The van der Waals surface area contributed by atoms with Crippen LogP contribution in [0.4, 0.5) is 5.82 Å². The molecule has 27 heavy (non-hydrogen) atoms. The van der Waals surface area contributed by atoms with Gasteiger partial charge in [-0.05, 0) is 42.8 Å². The molecule has 0 saturated carbocycles. The molecule has 0 saturated heterocycles. The van der Waals surface area contributed by atoms with E-state index in [-0.39, 0.29) is 18.3 Å². The Bertz CT molecular complexity index is 951. The Morgan fingerprint density at radius 1 is 1.11 bits per heavy atom. The Hall–Kier alpha value is -3.12. The number of halogens is 1. The van der Waals surface area contributed by atoms with Crippen LogP contribution >= 0.6 is 11.6 Å². The highest BCUT2D eigenvalue weighted by Gasteiger charge is 2.10. The first-order valence-corrected chi connectivity index (χ1v) is 8.69. The van der Waals surface area contributed by atoms with Crippen LogP contribution in [0.2, 0.25) is 5.02 Å². The molecule has 6 nitrogen and oxygen atoms in total. The lowest BCUT2D eigenvalue weighted by Crippen LogP contribution is -2.22. The molecule has 3 aromatic rings. The van der Waals surface area contributed by atoms with E-state index in [1.807, 2.05) is 24.3 Å². The number of ether oxygens (including phenoxy) is 1. The number of hydrogen-bond acceptors (Lipinski definition) is 4. The van der Waals surface area contributed by atoms with E-state index in [0.717, 1.165) is 5.56 Å². The highest BCUT2D eigenvalue weighted by Crippen LogP contribution is 2.18. The summed E-state index contributed by atoms with van der Waals surface area (Å²) in [6, 6.07) is 15.8. The topological polar surface area (TPSA) is 73.2 Å². The van der Waals surface area contributed by atoms with E-state index in [2.05, 4.69) is 10.4 Å². The van der Waals surface area contributed by atoms with Crippen LogP contribution in [0, 0.1) is 0 Å². The van der Waals surface area contributed by atoms with Crippen molar-refractivity contribution >= 4 is 29.1 Å². The van der Waals surface area contributed by atoms with Crippen molar-refractivity contribution in [2.45, 2.75) is 13.5 Å². The number of ketones is 1. The van der Waals surface area contributed by atoms with Crippen molar-refractivity contribution in [3.05, 3.63) is 76.9 Å². The molecule has 1 amide bonds. The van der Waals surface area contributed by atoms with E-state index < -0.39 is 0 Å². The van der Waals surface area contributed by atoms with Gasteiger partial charge >= 0.3 is 0 Å². The Labute approximate surface area is 161 Å². The van der Waals surface area contributed by atoms with Gasteiger partial charge in [-0.1, -0.05) is 29.8 Å². The fourth-order valence-electron chi connectivity index (χ4n) is 2.47. The number of hydrogen-bond donors (Lipinski definition) is 1. The monoisotopic (exact) mass is 383 g/mol. The molecule has 0 fully saturated rings. The Morgan fingerprint density at radius 3 is 2.56 bits per heavy atom. The summed E-state index contributed by atoms with van der Waals surface area (Å²) in [5.74, 6) is 0.729. The van der Waals surface area contributed by atoms with Crippen molar-refractivity contribution in [3.63, 3.8) is 0 Å². The molecule has 3 rings (SSSR count). The molecule has 1 heterocycles. The smallest absolute Gasteiger partial charge is 0.263 e. The van der Waals surface area contributed by atoms with Gasteiger partial charge in [-0.2, -0.15) is 5.10 Å². The predicted molar refractivity (Wildman–Crippen MR) is 103 cm³/mol. The number of carbonyl (C=O) groups excluding carboxylic acids is 2. The van der Waals surface area contributed by atoms with Gasteiger partial charge in [-0.15, -0.1) is 0 Å². The average Bonchev–Trinajstić information content (AvgIpc) is 3.09. The number of benzene rings is 2. The van der Waals surface area contributed by atoms with Crippen LogP contribution in [0.1, 0.15) is 22.8 Å². The quantitative estimate of drug-likeness (QED) is 0.630. The summed E-state index contributed by atoms with van der Waals surface area (Å²) in [5.41, 5.74) is 1.50. The van der Waals surface area contributed by atoms with Crippen LogP contribution in [0.5, 0.6) is 5.75 Å². The number of aromatic nitrogens is 2. The maximum absolute atomic E-state index is 12.2. The predicted octanol–water partition coefficient (Wildman–Crippen LogP) is 3.80. The molecule has 0 aliphatic carbocycles. The van der Waals surface area contributed by atoms with E-state index >= 15 is 0 Å². The van der Waals surface area contributed by atoms with Crippen LogP contribution < -0.4 is 10.1 Å². The molecule has 7 heteroatoms. The zero-order chi connectivity index (χ0) is 19.2. The molecule has 0 aliphatic rings. The zero-order valence-electron chi connectivity index (χ0n) is 14.7. The number of anilines is 1. The van der Waals surface area contributed by atoms with E-state index in [9.17, 15) is 9.59 Å². The number of amides is 1. The second kappa shape index (κ2) is 8.51. The van der Waals surface area contributed by atoms with Gasteiger partial charge in [0.1, 0.15) is 11.6 Å². The van der Waals surface area contributed by atoms with E-state index in [1.165, 1.54) is 6.92 Å². The van der Waals surface area contributed by atoms with E-state index in [1.54, 1.807) is 41.2 Å². The van der Waals surface area contributed by atoms with Crippen molar-refractivity contribution in [2.24, 2.45) is 0 Å². The molecule has 2 aromatic carbocycles. The summed E-state index contributed by atoms with van der Waals surface area (Å²) in [4.78, 5) is 23.4. The van der Waals surface area contributed by atoms with Crippen molar-refractivity contribution < 1.29 is 14.3 Å². The molecule has 138 valence electrons. The fraction of sp³-hybridized carbons (Fsp3) is 0.150. The van der Waals surface area contributed by atoms with Crippen LogP contribution in [-0.4, -0.2) is 28.1 Å². The number of rotatable bonds is 7. The highest BCUT2D eigenvalue weighted by atomic mass is 35.5. The highest BCUT2D eigenvalue weighted by molar-refractivity contribution is 6.31. The number of carbonyl (C=O) groups is 2. The minimum atomic E-state index is -0.313. The third kappa shape index (κ3) is 4.95. The summed E-state index contributed by atoms with van der Waals surface area (Å²) in [7, 11) is 0. The van der Waals surface area contributed by atoms with Gasteiger partial charge in [0.2, 0.25) is 0 Å². The third-order valence-corrected chi connectivity index (χ3v) is 4.26. The minimum Gasteiger partial charge on any atom is -0.484 e. The van der Waals surface area contributed by atoms with Crippen molar-refractivity contribution in [1.29, 1.82) is 0 Å². The van der Waals surface area contributed by atoms with E-state index in [4.69, 9.17) is 16.3 Å². The Balaban J connectivity index is 1.58.